The van der Waals surface area contributed by atoms with Gasteiger partial charge in [0.15, 0.2) is 0 Å². The maximum absolute atomic E-state index is 9.76. The minimum Gasteiger partial charge on any atom is -0.496 e. The van der Waals surface area contributed by atoms with Crippen molar-refractivity contribution < 1.29 is 9.84 Å². The highest BCUT2D eigenvalue weighted by atomic mass is 16.5. The molecule has 0 bridgehead atoms. The van der Waals surface area contributed by atoms with Crippen molar-refractivity contribution in [3.8, 4) is 5.75 Å². The Balaban J connectivity index is 2.40. The van der Waals surface area contributed by atoms with E-state index in [0.717, 1.165) is 24.4 Å². The molecule has 1 unspecified atom stereocenters. The van der Waals surface area contributed by atoms with E-state index >= 15 is 0 Å². The van der Waals surface area contributed by atoms with E-state index < -0.39 is 0 Å². The van der Waals surface area contributed by atoms with Gasteiger partial charge >= 0.3 is 0 Å². The average Bonchev–Trinajstić information content (AvgIpc) is 2.85. The zero-order valence-corrected chi connectivity index (χ0v) is 11.6. The van der Waals surface area contributed by atoms with Gasteiger partial charge in [-0.1, -0.05) is 6.07 Å². The number of aliphatic hydroxyl groups is 1. The Hall–Kier alpha value is -1.06. The molecule has 0 aromatic heterocycles. The number of hydrogen-bond donors (Lipinski definition) is 1. The highest BCUT2D eigenvalue weighted by Crippen LogP contribution is 2.34. The molecular formula is C15H23NO2. The van der Waals surface area contributed by atoms with Crippen molar-refractivity contribution in [3.05, 3.63) is 28.8 Å². The number of benzene rings is 1. The minimum atomic E-state index is 0.0723. The summed E-state index contributed by atoms with van der Waals surface area (Å²) in [7, 11) is 1.70. The lowest BCUT2D eigenvalue weighted by molar-refractivity contribution is 0.144. The summed E-state index contributed by atoms with van der Waals surface area (Å²) < 4.78 is 5.51. The van der Waals surface area contributed by atoms with Crippen LogP contribution < -0.4 is 4.74 Å². The normalized spacial score (nSPS) is 18.0. The monoisotopic (exact) mass is 249 g/mol. The molecule has 1 aromatic rings. The second-order valence-corrected chi connectivity index (χ2v) is 5.14. The second kappa shape index (κ2) is 5.72. The Morgan fingerprint density at radius 3 is 2.50 bits per heavy atom. The highest BCUT2D eigenvalue weighted by Gasteiger charge is 2.26. The van der Waals surface area contributed by atoms with E-state index in [-0.39, 0.29) is 12.6 Å². The lowest BCUT2D eigenvalue weighted by Crippen LogP contribution is -2.29. The molecule has 0 spiro atoms. The second-order valence-electron chi connectivity index (χ2n) is 5.14. The summed E-state index contributed by atoms with van der Waals surface area (Å²) in [5.41, 5.74) is 3.55. The van der Waals surface area contributed by atoms with Gasteiger partial charge in [-0.25, -0.2) is 0 Å². The van der Waals surface area contributed by atoms with Gasteiger partial charge in [-0.2, -0.15) is 0 Å². The molecule has 1 heterocycles. The van der Waals surface area contributed by atoms with E-state index in [4.69, 9.17) is 4.74 Å². The van der Waals surface area contributed by atoms with Crippen molar-refractivity contribution in [2.45, 2.75) is 32.7 Å². The third kappa shape index (κ3) is 2.52. The van der Waals surface area contributed by atoms with Gasteiger partial charge < -0.3 is 9.84 Å². The number of hydrogen-bond acceptors (Lipinski definition) is 3. The number of nitrogens with zero attached hydrogens (tertiary/aromatic N) is 1. The summed E-state index contributed by atoms with van der Waals surface area (Å²) in [6, 6.07) is 4.29. The first-order chi connectivity index (χ1) is 8.67. The zero-order valence-electron chi connectivity index (χ0n) is 11.6. The third-order valence-corrected chi connectivity index (χ3v) is 3.80. The van der Waals surface area contributed by atoms with Crippen LogP contribution in [-0.2, 0) is 0 Å². The summed E-state index contributed by atoms with van der Waals surface area (Å²) in [5.74, 6) is 0.901. The van der Waals surface area contributed by atoms with Gasteiger partial charge in [0, 0.05) is 5.56 Å². The van der Waals surface area contributed by atoms with Gasteiger partial charge in [-0.15, -0.1) is 0 Å². The number of methoxy groups -OCH3 is 1. The van der Waals surface area contributed by atoms with Crippen LogP contribution in [0.15, 0.2) is 12.1 Å². The minimum absolute atomic E-state index is 0.0723. The predicted molar refractivity (Wildman–Crippen MR) is 73.1 cm³/mol. The number of rotatable bonds is 4. The van der Waals surface area contributed by atoms with Crippen LogP contribution in [0.2, 0.25) is 0 Å². The Bertz CT molecular complexity index is 411. The van der Waals surface area contributed by atoms with E-state index in [1.165, 1.54) is 24.0 Å². The summed E-state index contributed by atoms with van der Waals surface area (Å²) >= 11 is 0. The summed E-state index contributed by atoms with van der Waals surface area (Å²) in [5, 5.41) is 9.76. The molecule has 0 saturated carbocycles. The van der Waals surface area contributed by atoms with Gasteiger partial charge in [0.2, 0.25) is 0 Å². The quantitative estimate of drug-likeness (QED) is 0.889. The van der Waals surface area contributed by atoms with Crippen LogP contribution in [-0.4, -0.2) is 36.8 Å². The lowest BCUT2D eigenvalue weighted by Gasteiger charge is -2.29. The van der Waals surface area contributed by atoms with Crippen molar-refractivity contribution in [1.82, 2.24) is 4.90 Å². The molecule has 0 radical (unpaired) electrons. The number of likely N-dealkylation sites (tertiary alicyclic amines) is 1. The molecule has 1 aliphatic heterocycles. The van der Waals surface area contributed by atoms with Crippen LogP contribution in [0.25, 0.3) is 0 Å². The number of ether oxygens (including phenoxy) is 1. The molecule has 0 amide bonds. The molecular weight excluding hydrogens is 226 g/mol. The van der Waals surface area contributed by atoms with E-state index in [2.05, 4.69) is 30.9 Å². The molecule has 0 aliphatic carbocycles. The van der Waals surface area contributed by atoms with E-state index in [1.54, 1.807) is 7.11 Å². The molecule has 3 nitrogen and oxygen atoms in total. The Labute approximate surface area is 109 Å². The first-order valence-electron chi connectivity index (χ1n) is 6.67. The smallest absolute Gasteiger partial charge is 0.124 e. The molecule has 3 heteroatoms. The van der Waals surface area contributed by atoms with E-state index in [9.17, 15) is 5.11 Å². The van der Waals surface area contributed by atoms with Crippen LogP contribution in [0.5, 0.6) is 5.75 Å². The van der Waals surface area contributed by atoms with Gasteiger partial charge in [-0.3, -0.25) is 4.90 Å². The maximum Gasteiger partial charge on any atom is 0.124 e. The van der Waals surface area contributed by atoms with E-state index in [1.807, 2.05) is 0 Å². The molecule has 100 valence electrons. The van der Waals surface area contributed by atoms with Crippen molar-refractivity contribution in [2.24, 2.45) is 0 Å². The summed E-state index contributed by atoms with van der Waals surface area (Å²) in [6.07, 6.45) is 2.45. The number of aryl methyl sites for hydroxylation is 2. The topological polar surface area (TPSA) is 32.7 Å². The Morgan fingerprint density at radius 1 is 1.28 bits per heavy atom. The maximum atomic E-state index is 9.76. The van der Waals surface area contributed by atoms with Crippen molar-refractivity contribution in [1.29, 1.82) is 0 Å². The van der Waals surface area contributed by atoms with Crippen LogP contribution in [0, 0.1) is 13.8 Å². The fourth-order valence-corrected chi connectivity index (χ4v) is 2.98. The molecule has 2 rings (SSSR count). The predicted octanol–water partition coefficient (Wildman–Crippen LogP) is 2.44. The fourth-order valence-electron chi connectivity index (χ4n) is 2.98. The first-order valence-corrected chi connectivity index (χ1v) is 6.67. The molecule has 1 aromatic carbocycles. The average molecular weight is 249 g/mol. The molecule has 1 aliphatic rings. The Kier molecular flexibility index (Phi) is 4.25. The number of aliphatic hydroxyl groups excluding tert-OH is 1. The Morgan fingerprint density at radius 2 is 1.94 bits per heavy atom. The first kappa shape index (κ1) is 13.4. The molecule has 1 N–H and O–H groups in total. The van der Waals surface area contributed by atoms with Crippen LogP contribution in [0.1, 0.15) is 35.6 Å². The van der Waals surface area contributed by atoms with Crippen LogP contribution >= 0.6 is 0 Å². The van der Waals surface area contributed by atoms with Crippen molar-refractivity contribution in [2.75, 3.05) is 26.8 Å². The molecule has 1 saturated heterocycles. The van der Waals surface area contributed by atoms with Crippen LogP contribution in [0.3, 0.4) is 0 Å². The van der Waals surface area contributed by atoms with Crippen molar-refractivity contribution in [3.63, 3.8) is 0 Å². The van der Waals surface area contributed by atoms with Gasteiger partial charge in [0.1, 0.15) is 5.75 Å². The highest BCUT2D eigenvalue weighted by molar-refractivity contribution is 5.45. The lowest BCUT2D eigenvalue weighted by atomic mass is 9.97. The SMILES string of the molecule is COc1cc(C)cc(C)c1C(CO)N1CCCC1. The van der Waals surface area contributed by atoms with Gasteiger partial charge in [-0.05, 0) is 57.0 Å². The molecule has 1 atom stereocenters. The third-order valence-electron chi connectivity index (χ3n) is 3.80. The molecule has 1 fully saturated rings. The zero-order chi connectivity index (χ0) is 13.1. The van der Waals surface area contributed by atoms with E-state index in [0.29, 0.717) is 0 Å². The standard InChI is InChI=1S/C15H23NO2/c1-11-8-12(2)15(14(9-11)18-3)13(10-17)16-6-4-5-7-16/h8-9,13,17H,4-7,10H2,1-3H3. The van der Waals surface area contributed by atoms with Gasteiger partial charge in [0.05, 0.1) is 19.8 Å². The van der Waals surface area contributed by atoms with Gasteiger partial charge in [0.25, 0.3) is 0 Å². The largest absolute Gasteiger partial charge is 0.496 e. The van der Waals surface area contributed by atoms with Crippen molar-refractivity contribution >= 4 is 0 Å². The molecule has 18 heavy (non-hydrogen) atoms. The van der Waals surface area contributed by atoms with Crippen LogP contribution in [0.4, 0.5) is 0 Å². The summed E-state index contributed by atoms with van der Waals surface area (Å²) in [4.78, 5) is 2.36. The fraction of sp³-hybridized carbons (Fsp3) is 0.600. The summed E-state index contributed by atoms with van der Waals surface area (Å²) in [6.45, 7) is 6.47.